The van der Waals surface area contributed by atoms with Gasteiger partial charge in [0.2, 0.25) is 0 Å². The molecular formula is C27H22N2O3. The Morgan fingerprint density at radius 2 is 1.44 bits per heavy atom. The van der Waals surface area contributed by atoms with Crippen molar-refractivity contribution >= 4 is 23.2 Å². The molecule has 1 saturated heterocycles. The molecule has 158 valence electrons. The van der Waals surface area contributed by atoms with Crippen LogP contribution in [0.25, 0.3) is 0 Å². The van der Waals surface area contributed by atoms with Crippen LogP contribution in [-0.2, 0) is 10.3 Å². The average molecular weight is 422 g/mol. The second-order valence-corrected chi connectivity index (χ2v) is 9.07. The number of likely N-dealkylation sites (tertiary alicyclic amines) is 1. The molecule has 3 aliphatic rings. The van der Waals surface area contributed by atoms with Crippen LogP contribution in [0.2, 0.25) is 0 Å². The van der Waals surface area contributed by atoms with Gasteiger partial charge in [-0.2, -0.15) is 0 Å². The maximum atomic E-state index is 14.3. The Bertz CT molecular complexity index is 1290. The molecule has 0 aromatic heterocycles. The number of Topliss-reactive ketones (excluding diaryl/α,β-unsaturated/α-hetero) is 2. The van der Waals surface area contributed by atoms with E-state index in [1.165, 1.54) is 0 Å². The number of rotatable bonds is 1. The van der Waals surface area contributed by atoms with E-state index in [2.05, 4.69) is 5.32 Å². The van der Waals surface area contributed by atoms with Gasteiger partial charge in [-0.05, 0) is 25.6 Å². The van der Waals surface area contributed by atoms with Crippen molar-refractivity contribution in [3.63, 3.8) is 0 Å². The lowest BCUT2D eigenvalue weighted by molar-refractivity contribution is -0.128. The van der Waals surface area contributed by atoms with Gasteiger partial charge >= 0.3 is 0 Å². The third-order valence-electron chi connectivity index (χ3n) is 7.63. The summed E-state index contributed by atoms with van der Waals surface area (Å²) in [5, 5.41) is 2.98. The van der Waals surface area contributed by atoms with Crippen LogP contribution in [0, 0.1) is 12.3 Å². The number of likely N-dealkylation sites (N-methyl/N-ethyl adjacent to an activating group) is 1. The van der Waals surface area contributed by atoms with E-state index < -0.39 is 16.9 Å². The van der Waals surface area contributed by atoms with Crippen molar-refractivity contribution < 1.29 is 14.4 Å². The normalized spacial score (nSPS) is 25.4. The van der Waals surface area contributed by atoms with E-state index in [1.54, 1.807) is 24.3 Å². The molecule has 2 aliphatic heterocycles. The van der Waals surface area contributed by atoms with Gasteiger partial charge < -0.3 is 5.32 Å². The third-order valence-corrected chi connectivity index (χ3v) is 7.63. The molecule has 1 N–H and O–H groups in total. The van der Waals surface area contributed by atoms with E-state index in [9.17, 15) is 14.4 Å². The Balaban J connectivity index is 1.72. The molecule has 1 aliphatic carbocycles. The summed E-state index contributed by atoms with van der Waals surface area (Å²) in [6, 6.07) is 22.3. The predicted octanol–water partition coefficient (Wildman–Crippen LogP) is 3.94. The van der Waals surface area contributed by atoms with Crippen molar-refractivity contribution in [3.8, 4) is 0 Å². The summed E-state index contributed by atoms with van der Waals surface area (Å²) < 4.78 is 0. The number of aryl methyl sites for hydroxylation is 1. The first-order valence-corrected chi connectivity index (χ1v) is 10.8. The molecule has 1 amide bonds. The lowest BCUT2D eigenvalue weighted by Crippen LogP contribution is -2.60. The summed E-state index contributed by atoms with van der Waals surface area (Å²) in [7, 11) is 1.85. The van der Waals surface area contributed by atoms with Crippen LogP contribution >= 0.6 is 0 Å². The molecule has 5 nitrogen and oxygen atoms in total. The number of hydrogen-bond donors (Lipinski definition) is 1. The van der Waals surface area contributed by atoms with Gasteiger partial charge in [0.1, 0.15) is 11.0 Å². The van der Waals surface area contributed by atoms with Gasteiger partial charge in [0, 0.05) is 34.8 Å². The molecule has 0 bridgehead atoms. The fraction of sp³-hybridized carbons (Fsp3) is 0.222. The molecule has 6 rings (SSSR count). The Morgan fingerprint density at radius 1 is 0.844 bits per heavy atom. The van der Waals surface area contributed by atoms with Crippen molar-refractivity contribution in [1.29, 1.82) is 0 Å². The molecule has 0 radical (unpaired) electrons. The highest BCUT2D eigenvalue weighted by Crippen LogP contribution is 2.66. The second-order valence-electron chi connectivity index (χ2n) is 9.07. The van der Waals surface area contributed by atoms with Crippen LogP contribution < -0.4 is 5.32 Å². The number of hydrogen-bond acceptors (Lipinski definition) is 4. The lowest BCUT2D eigenvalue weighted by Gasteiger charge is -2.42. The number of nitrogens with one attached hydrogen (secondary N) is 1. The zero-order valence-corrected chi connectivity index (χ0v) is 17.9. The largest absolute Gasteiger partial charge is 0.324 e. The predicted molar refractivity (Wildman–Crippen MR) is 121 cm³/mol. The summed E-state index contributed by atoms with van der Waals surface area (Å²) in [4.78, 5) is 44.4. The highest BCUT2D eigenvalue weighted by Gasteiger charge is 2.78. The van der Waals surface area contributed by atoms with Crippen LogP contribution in [0.5, 0.6) is 0 Å². The molecule has 1 fully saturated rings. The van der Waals surface area contributed by atoms with Crippen LogP contribution in [0.4, 0.5) is 5.69 Å². The molecule has 2 spiro atoms. The zero-order chi connectivity index (χ0) is 22.3. The van der Waals surface area contributed by atoms with Crippen molar-refractivity contribution in [2.45, 2.75) is 18.4 Å². The number of carbonyl (C=O) groups excluding carboxylic acids is 3. The molecule has 0 saturated carbocycles. The van der Waals surface area contributed by atoms with E-state index in [1.807, 2.05) is 67.4 Å². The van der Waals surface area contributed by atoms with Gasteiger partial charge in [-0.3, -0.25) is 19.3 Å². The number of anilines is 1. The molecule has 32 heavy (non-hydrogen) atoms. The summed E-state index contributed by atoms with van der Waals surface area (Å²) in [5.41, 5.74) is 1.17. The Morgan fingerprint density at radius 3 is 2.09 bits per heavy atom. The minimum Gasteiger partial charge on any atom is -0.324 e. The highest BCUT2D eigenvalue weighted by molar-refractivity contribution is 6.34. The smallest absolute Gasteiger partial charge is 0.251 e. The fourth-order valence-corrected chi connectivity index (χ4v) is 6.32. The standard InChI is InChI=1S/C27H22N2O3/c1-16-11-13-17(14-12-16)21-15-29(2)27(20-9-5-6-10-22(20)28-25(27)32)26(21)23(30)18-7-3-4-8-19(18)24(26)31/h3-14,21H,15H2,1-2H3,(H,28,32)/t21-,27-/m1/s1. The van der Waals surface area contributed by atoms with E-state index in [0.29, 0.717) is 28.9 Å². The number of benzene rings is 3. The van der Waals surface area contributed by atoms with E-state index in [-0.39, 0.29) is 17.5 Å². The second kappa shape index (κ2) is 6.24. The summed E-state index contributed by atoms with van der Waals surface area (Å²) in [5.74, 6) is -1.30. The Labute approximate surface area is 186 Å². The van der Waals surface area contributed by atoms with Gasteiger partial charge in [-0.1, -0.05) is 72.3 Å². The first kappa shape index (κ1) is 19.1. The minimum absolute atomic E-state index is 0.264. The molecule has 2 heterocycles. The van der Waals surface area contributed by atoms with Crippen molar-refractivity contribution in [2.75, 3.05) is 18.9 Å². The Hall–Kier alpha value is -3.57. The molecular weight excluding hydrogens is 400 g/mol. The van der Waals surface area contributed by atoms with Crippen molar-refractivity contribution in [3.05, 3.63) is 101 Å². The molecule has 5 heteroatoms. The van der Waals surface area contributed by atoms with Gasteiger partial charge in [0.25, 0.3) is 5.91 Å². The number of carbonyl (C=O) groups is 3. The lowest BCUT2D eigenvalue weighted by atomic mass is 9.58. The molecule has 2 atom stereocenters. The van der Waals surface area contributed by atoms with Crippen molar-refractivity contribution in [2.24, 2.45) is 5.41 Å². The summed E-state index contributed by atoms with van der Waals surface area (Å²) in [6.07, 6.45) is 0. The monoisotopic (exact) mass is 422 g/mol. The molecule has 0 unspecified atom stereocenters. The van der Waals surface area contributed by atoms with E-state index in [4.69, 9.17) is 0 Å². The van der Waals surface area contributed by atoms with Gasteiger partial charge in [0.05, 0.1) is 0 Å². The average Bonchev–Trinajstić information content (AvgIpc) is 3.34. The van der Waals surface area contributed by atoms with Crippen LogP contribution in [0.15, 0.2) is 72.8 Å². The van der Waals surface area contributed by atoms with E-state index in [0.717, 1.165) is 11.1 Å². The first-order chi connectivity index (χ1) is 15.4. The van der Waals surface area contributed by atoms with E-state index >= 15 is 0 Å². The van der Waals surface area contributed by atoms with Crippen molar-refractivity contribution in [1.82, 2.24) is 4.90 Å². The van der Waals surface area contributed by atoms with Crippen LogP contribution in [-0.4, -0.2) is 36.0 Å². The highest BCUT2D eigenvalue weighted by atomic mass is 16.2. The number of amides is 1. The molecule has 3 aromatic carbocycles. The number of fused-ring (bicyclic) bond motifs is 4. The summed E-state index contributed by atoms with van der Waals surface area (Å²) in [6.45, 7) is 2.42. The summed E-state index contributed by atoms with van der Waals surface area (Å²) >= 11 is 0. The number of para-hydroxylation sites is 1. The number of nitrogens with zero attached hydrogens (tertiary/aromatic N) is 1. The number of ketones is 2. The third kappa shape index (κ3) is 1.96. The minimum atomic E-state index is -1.57. The maximum Gasteiger partial charge on any atom is 0.251 e. The van der Waals surface area contributed by atoms with Gasteiger partial charge in [0.15, 0.2) is 11.6 Å². The first-order valence-electron chi connectivity index (χ1n) is 10.8. The van der Waals surface area contributed by atoms with Gasteiger partial charge in [-0.25, -0.2) is 0 Å². The zero-order valence-electron chi connectivity index (χ0n) is 17.9. The van der Waals surface area contributed by atoms with Crippen LogP contribution in [0.3, 0.4) is 0 Å². The topological polar surface area (TPSA) is 66.5 Å². The Kier molecular flexibility index (Phi) is 3.73. The molecule has 3 aromatic rings. The quantitative estimate of drug-likeness (QED) is 0.604. The van der Waals surface area contributed by atoms with Crippen LogP contribution in [0.1, 0.15) is 43.3 Å². The fourth-order valence-electron chi connectivity index (χ4n) is 6.32. The maximum absolute atomic E-state index is 14.3. The SMILES string of the molecule is Cc1ccc([C@H]2CN(C)[C@]3(C(=O)Nc4ccccc43)C23C(=O)c2ccccc2C3=O)cc1. The van der Waals surface area contributed by atoms with Gasteiger partial charge in [-0.15, -0.1) is 0 Å².